The first-order valence-electron chi connectivity index (χ1n) is 27.8. The Hall–Kier alpha value is -6.18. The minimum atomic E-state index is -0.525. The van der Waals surface area contributed by atoms with E-state index in [1.54, 1.807) is 54.7 Å². The number of nitrogens with two attached hydrogens (primary N) is 1. The molecule has 0 radical (unpaired) electrons. The number of ether oxygens (including phenoxy) is 2. The number of rotatable bonds is 28. The van der Waals surface area contributed by atoms with Gasteiger partial charge >= 0.3 is 5.69 Å². The highest BCUT2D eigenvalue weighted by molar-refractivity contribution is 8.00. The summed E-state index contributed by atoms with van der Waals surface area (Å²) in [6.45, 7) is 26.3. The maximum Gasteiger partial charge on any atom is 0.300 e. The van der Waals surface area contributed by atoms with E-state index >= 15 is 0 Å². The Morgan fingerprint density at radius 3 is 2.26 bits per heavy atom. The van der Waals surface area contributed by atoms with Gasteiger partial charge in [0.2, 0.25) is 17.3 Å². The molecule has 0 saturated heterocycles. The predicted octanol–water partition coefficient (Wildman–Crippen LogP) is 11.8. The summed E-state index contributed by atoms with van der Waals surface area (Å²) in [5.74, 6) is 2.92. The molecule has 3 amide bonds. The van der Waals surface area contributed by atoms with Crippen LogP contribution in [-0.4, -0.2) is 93.1 Å². The van der Waals surface area contributed by atoms with Crippen LogP contribution in [0.2, 0.25) is 0 Å². The van der Waals surface area contributed by atoms with Crippen molar-refractivity contribution in [3.8, 4) is 11.5 Å². The van der Waals surface area contributed by atoms with Gasteiger partial charge < -0.3 is 31.2 Å². The molecule has 6 atom stereocenters. The first-order valence-corrected chi connectivity index (χ1v) is 29.5. The number of carbonyl (C=O) groups is 3. The summed E-state index contributed by atoms with van der Waals surface area (Å²) in [7, 11) is 3.49. The molecule has 8 rings (SSSR count). The molecule has 3 aliphatic rings. The van der Waals surface area contributed by atoms with Gasteiger partial charge in [0.1, 0.15) is 11.5 Å². The smallest absolute Gasteiger partial charge is 0.300 e. The number of nitro groups is 1. The molecule has 2 aromatic heterocycles. The van der Waals surface area contributed by atoms with Crippen molar-refractivity contribution < 1.29 is 33.4 Å². The lowest BCUT2D eigenvalue weighted by atomic mass is 9.45. The van der Waals surface area contributed by atoms with Crippen LogP contribution in [0.5, 0.6) is 11.5 Å². The van der Waals surface area contributed by atoms with Gasteiger partial charge in [0.05, 0.1) is 37.1 Å². The van der Waals surface area contributed by atoms with Gasteiger partial charge in [0.25, 0.3) is 5.91 Å². The number of nitrogens with zero attached hydrogens (tertiary/aromatic N) is 5. The van der Waals surface area contributed by atoms with E-state index in [2.05, 4.69) is 97.9 Å². The SMILES string of the molecule is COc1cc(C(C)(C)C(C)CC(C)(C)CN)cc(OC)c1C1C=C(CNC(=O)C(C)CC(C)CNC(=O)c2ccc(SN(Cc3ccccn3)C(=O)CC(C)(C)SCCNc3ccc([N+](=O)[O-])c4nonc34)cc2)C2CC1C2(C)C. The number of benzene rings is 3. The zero-order chi connectivity index (χ0) is 58.3. The molecule has 2 bridgehead atoms. The monoisotopic (exact) mass is 1130 g/mol. The molecule has 17 nitrogen and oxygen atoms in total. The Morgan fingerprint density at radius 2 is 1.64 bits per heavy atom. The van der Waals surface area contributed by atoms with Gasteiger partial charge in [-0.05, 0) is 148 Å². The highest BCUT2D eigenvalue weighted by Gasteiger charge is 2.56. The normalized spacial score (nSPS) is 18.0. The van der Waals surface area contributed by atoms with Gasteiger partial charge in [0, 0.05) is 76.7 Å². The van der Waals surface area contributed by atoms with E-state index in [0.717, 1.165) is 40.5 Å². The van der Waals surface area contributed by atoms with Crippen molar-refractivity contribution in [2.75, 3.05) is 51.5 Å². The summed E-state index contributed by atoms with van der Waals surface area (Å²) in [5, 5.41) is 28.6. The second-order valence-corrected chi connectivity index (χ2v) is 27.5. The van der Waals surface area contributed by atoms with E-state index in [4.69, 9.17) is 19.8 Å². The maximum atomic E-state index is 14.1. The number of nitrogens with one attached hydrogen (secondary N) is 3. The standard InChI is InChI=1S/C61H83N9O8S2/c1-37(26-38(2)56(72)66-34-41-27-45(47-30-46(41)61(47,10)11)53-50(76-12)28-42(29-51(53)77-13)60(8,9)39(3)31-58(4,5)36-62)33-65-57(73)40-17-19-44(20-18-40)80-69(35-43-16-14-15-23-63-43)52(71)32-59(6,7)79-25-24-64-48-21-22-49(70(74)75)55-54(48)67-78-68-55/h14-23,27-29,37-39,45-47,64H,24-26,30-36,62H2,1-13H3,(H,65,73)(H,66,72). The number of non-ortho nitro benzene ring substituents is 1. The lowest BCUT2D eigenvalue weighted by Crippen LogP contribution is -2.53. The lowest BCUT2D eigenvalue weighted by Gasteiger charge is -2.59. The summed E-state index contributed by atoms with van der Waals surface area (Å²) >= 11 is 2.92. The molecule has 5 N–H and O–H groups in total. The summed E-state index contributed by atoms with van der Waals surface area (Å²) in [4.78, 5) is 57.4. The number of amides is 3. The Kier molecular flexibility index (Phi) is 19.8. The van der Waals surface area contributed by atoms with Crippen LogP contribution in [0, 0.1) is 50.5 Å². The Labute approximate surface area is 480 Å². The highest BCUT2D eigenvalue weighted by atomic mass is 32.2. The summed E-state index contributed by atoms with van der Waals surface area (Å²) < 4.78 is 18.4. The number of hydrogen-bond donors (Lipinski definition) is 4. The first kappa shape index (κ1) is 61.4. The van der Waals surface area contributed by atoms with E-state index in [1.807, 2.05) is 58.0 Å². The van der Waals surface area contributed by atoms with E-state index < -0.39 is 9.67 Å². The molecule has 19 heteroatoms. The average Bonchev–Trinajstić information content (AvgIpc) is 4.03. The maximum absolute atomic E-state index is 14.1. The van der Waals surface area contributed by atoms with Gasteiger partial charge in [-0.1, -0.05) is 93.9 Å². The Bertz CT molecular complexity index is 2990. The molecule has 1 fully saturated rings. The Morgan fingerprint density at radius 1 is 0.950 bits per heavy atom. The number of anilines is 1. The minimum Gasteiger partial charge on any atom is -0.496 e. The fraction of sp³-hybridized carbons (Fsp3) is 0.541. The molecule has 0 spiro atoms. The van der Waals surface area contributed by atoms with E-state index in [-0.39, 0.29) is 81.4 Å². The average molecular weight is 1130 g/mol. The van der Waals surface area contributed by atoms with Crippen molar-refractivity contribution in [3.05, 3.63) is 117 Å². The third kappa shape index (κ3) is 14.5. The predicted molar refractivity (Wildman–Crippen MR) is 319 cm³/mol. The molecule has 3 aromatic carbocycles. The number of thioether (sulfide) groups is 1. The van der Waals surface area contributed by atoms with Crippen LogP contribution in [0.3, 0.4) is 0 Å². The first-order chi connectivity index (χ1) is 37.8. The van der Waals surface area contributed by atoms with Crippen molar-refractivity contribution in [3.63, 3.8) is 0 Å². The van der Waals surface area contributed by atoms with Crippen molar-refractivity contribution in [2.24, 2.45) is 46.2 Å². The molecule has 1 saturated carbocycles. The van der Waals surface area contributed by atoms with E-state index in [1.165, 1.54) is 29.2 Å². The van der Waals surface area contributed by atoms with Crippen LogP contribution >= 0.6 is 23.7 Å². The third-order valence-corrected chi connectivity index (χ3v) is 19.3. The van der Waals surface area contributed by atoms with Gasteiger partial charge in [-0.2, -0.15) is 11.8 Å². The molecule has 0 aliphatic heterocycles. The molecule has 5 aromatic rings. The van der Waals surface area contributed by atoms with Crippen LogP contribution in [-0.2, 0) is 21.5 Å². The second-order valence-electron chi connectivity index (χ2n) is 24.6. The van der Waals surface area contributed by atoms with Gasteiger partial charge in [0.15, 0.2) is 5.52 Å². The van der Waals surface area contributed by atoms with Crippen molar-refractivity contribution in [1.29, 1.82) is 0 Å². The molecule has 432 valence electrons. The molecule has 2 heterocycles. The number of allylic oxidation sites excluding steroid dienone is 1. The number of hydrogen-bond acceptors (Lipinski definition) is 15. The summed E-state index contributed by atoms with van der Waals surface area (Å²) in [6.07, 6.45) is 6.92. The van der Waals surface area contributed by atoms with Crippen LogP contribution in [0.4, 0.5) is 11.4 Å². The number of carbonyl (C=O) groups excluding carboxylic acids is 3. The van der Waals surface area contributed by atoms with Crippen molar-refractivity contribution in [1.82, 2.24) is 30.2 Å². The second kappa shape index (κ2) is 25.7. The molecule has 80 heavy (non-hydrogen) atoms. The van der Waals surface area contributed by atoms with E-state index in [9.17, 15) is 24.5 Å². The third-order valence-electron chi connectivity index (χ3n) is 16.9. The topological polar surface area (TPSA) is 230 Å². The number of nitro benzene ring substituents is 1. The lowest BCUT2D eigenvalue weighted by molar-refractivity contribution is -0.383. The largest absolute Gasteiger partial charge is 0.496 e. The number of fused-ring (bicyclic) bond motifs is 2. The minimum absolute atomic E-state index is 0.0126. The fourth-order valence-electron chi connectivity index (χ4n) is 11.5. The van der Waals surface area contributed by atoms with E-state index in [0.29, 0.717) is 67.4 Å². The molecule has 3 aliphatic carbocycles. The van der Waals surface area contributed by atoms with Crippen LogP contribution in [0.15, 0.2) is 94.1 Å². The molecular weight excluding hydrogens is 1050 g/mol. The van der Waals surface area contributed by atoms with Crippen LogP contribution < -0.4 is 31.2 Å². The van der Waals surface area contributed by atoms with Crippen LogP contribution in [0.1, 0.15) is 135 Å². The van der Waals surface area contributed by atoms with Crippen molar-refractivity contribution in [2.45, 2.75) is 129 Å². The number of aromatic nitrogens is 3. The fourth-order valence-corrected chi connectivity index (χ4v) is 13.4. The zero-order valence-corrected chi connectivity index (χ0v) is 50.6. The van der Waals surface area contributed by atoms with Crippen LogP contribution in [0.25, 0.3) is 11.0 Å². The zero-order valence-electron chi connectivity index (χ0n) is 48.9. The number of methoxy groups -OCH3 is 2. The van der Waals surface area contributed by atoms with Crippen molar-refractivity contribution >= 4 is 63.8 Å². The Balaban J connectivity index is 0.906. The summed E-state index contributed by atoms with van der Waals surface area (Å²) in [6, 6.07) is 20.2. The quantitative estimate of drug-likeness (QED) is 0.0120. The van der Waals surface area contributed by atoms with Gasteiger partial charge in [-0.15, -0.1) is 0 Å². The van der Waals surface area contributed by atoms with Gasteiger partial charge in [-0.3, -0.25) is 33.8 Å². The van der Waals surface area contributed by atoms with Gasteiger partial charge in [-0.25, -0.2) is 4.63 Å². The number of pyridine rings is 1. The highest BCUT2D eigenvalue weighted by Crippen LogP contribution is 2.65. The molecule has 6 unspecified atom stereocenters. The molecular formula is C61H83N9O8S2. The summed E-state index contributed by atoms with van der Waals surface area (Å²) in [5.41, 5.74) is 11.5.